The molecule has 1 N–H and O–H groups in total. The van der Waals surface area contributed by atoms with Crippen LogP contribution < -0.4 is 5.32 Å². The molecule has 0 radical (unpaired) electrons. The Labute approximate surface area is 117 Å². The Kier molecular flexibility index (Phi) is 6.98. The zero-order valence-electron chi connectivity index (χ0n) is 10.9. The van der Waals surface area contributed by atoms with Crippen LogP contribution in [0, 0.1) is 0 Å². The van der Waals surface area contributed by atoms with Gasteiger partial charge >= 0.3 is 5.97 Å². The van der Waals surface area contributed by atoms with Gasteiger partial charge in [-0.25, -0.2) is 0 Å². The Bertz CT molecular complexity index is 382. The minimum atomic E-state index is -0.146. The first-order chi connectivity index (χ1) is 8.67. The van der Waals surface area contributed by atoms with E-state index in [-0.39, 0.29) is 5.97 Å². The van der Waals surface area contributed by atoms with Gasteiger partial charge in [-0.2, -0.15) is 0 Å². The van der Waals surface area contributed by atoms with Crippen molar-refractivity contribution in [3.05, 3.63) is 34.3 Å². The summed E-state index contributed by atoms with van der Waals surface area (Å²) in [4.78, 5) is 11.0. The van der Waals surface area contributed by atoms with Crippen molar-refractivity contribution in [3.63, 3.8) is 0 Å². The number of ether oxygens (including phenoxy) is 1. The number of hydrogen-bond donors (Lipinski definition) is 1. The number of halogens is 1. The van der Waals surface area contributed by atoms with E-state index in [1.165, 1.54) is 12.7 Å². The summed E-state index contributed by atoms with van der Waals surface area (Å²) >= 11 is 3.48. The molecule has 3 nitrogen and oxygen atoms in total. The monoisotopic (exact) mass is 313 g/mol. The molecule has 1 rings (SSSR count). The Hall–Kier alpha value is -0.870. The number of benzene rings is 1. The third-order valence-corrected chi connectivity index (χ3v) is 3.33. The molecule has 0 aliphatic heterocycles. The van der Waals surface area contributed by atoms with Gasteiger partial charge in [0.15, 0.2) is 0 Å². The minimum Gasteiger partial charge on any atom is -0.469 e. The van der Waals surface area contributed by atoms with Gasteiger partial charge in [-0.05, 0) is 37.1 Å². The maximum absolute atomic E-state index is 11.0. The maximum Gasteiger partial charge on any atom is 0.305 e. The van der Waals surface area contributed by atoms with Crippen LogP contribution in [0.1, 0.15) is 37.8 Å². The van der Waals surface area contributed by atoms with Crippen LogP contribution in [0.25, 0.3) is 0 Å². The molecule has 1 atom stereocenters. The highest BCUT2D eigenvalue weighted by molar-refractivity contribution is 9.10. The molecule has 0 bridgehead atoms. The van der Waals surface area contributed by atoms with Gasteiger partial charge in [-0.3, -0.25) is 4.79 Å². The van der Waals surface area contributed by atoms with Crippen molar-refractivity contribution in [1.29, 1.82) is 0 Å². The molecule has 4 heteroatoms. The number of rotatable bonds is 7. The van der Waals surface area contributed by atoms with Gasteiger partial charge in [-0.15, -0.1) is 0 Å². The lowest BCUT2D eigenvalue weighted by Gasteiger charge is -2.17. The van der Waals surface area contributed by atoms with Crippen molar-refractivity contribution in [1.82, 2.24) is 5.32 Å². The quantitative estimate of drug-likeness (QED) is 0.619. The molecule has 0 saturated heterocycles. The summed E-state index contributed by atoms with van der Waals surface area (Å²) in [5, 5.41) is 3.46. The van der Waals surface area contributed by atoms with Crippen molar-refractivity contribution in [2.45, 2.75) is 32.2 Å². The van der Waals surface area contributed by atoms with Gasteiger partial charge in [0.05, 0.1) is 7.11 Å². The highest BCUT2D eigenvalue weighted by Crippen LogP contribution is 2.20. The SMILES string of the molecule is CCC(NCCCC(=O)OC)c1cccc(Br)c1. The first-order valence-electron chi connectivity index (χ1n) is 6.23. The Morgan fingerprint density at radius 2 is 2.28 bits per heavy atom. The number of hydrogen-bond acceptors (Lipinski definition) is 3. The van der Waals surface area contributed by atoms with E-state index in [1.54, 1.807) is 0 Å². The molecule has 100 valence electrons. The second-order valence-corrected chi connectivity index (χ2v) is 5.07. The summed E-state index contributed by atoms with van der Waals surface area (Å²) in [5.41, 5.74) is 1.27. The van der Waals surface area contributed by atoms with Crippen LogP contribution in [-0.2, 0) is 9.53 Å². The average molecular weight is 314 g/mol. The summed E-state index contributed by atoms with van der Waals surface area (Å²) in [7, 11) is 1.42. The predicted molar refractivity (Wildman–Crippen MR) is 76.4 cm³/mol. The van der Waals surface area contributed by atoms with Gasteiger partial charge in [-0.1, -0.05) is 35.0 Å². The Morgan fingerprint density at radius 1 is 1.50 bits per heavy atom. The molecule has 0 aliphatic carbocycles. The van der Waals surface area contributed by atoms with E-state index in [2.05, 4.69) is 45.0 Å². The van der Waals surface area contributed by atoms with Crippen molar-refractivity contribution in [2.75, 3.05) is 13.7 Å². The van der Waals surface area contributed by atoms with Gasteiger partial charge in [0.25, 0.3) is 0 Å². The Morgan fingerprint density at radius 3 is 2.89 bits per heavy atom. The van der Waals surface area contributed by atoms with Crippen LogP contribution in [-0.4, -0.2) is 19.6 Å². The molecule has 1 aromatic carbocycles. The highest BCUT2D eigenvalue weighted by Gasteiger charge is 2.08. The fourth-order valence-corrected chi connectivity index (χ4v) is 2.25. The van der Waals surface area contributed by atoms with E-state index in [0.29, 0.717) is 12.5 Å². The molecule has 18 heavy (non-hydrogen) atoms. The number of carbonyl (C=O) groups excluding carboxylic acids is 1. The molecule has 1 unspecified atom stereocenters. The summed E-state index contributed by atoms with van der Waals surface area (Å²) in [6.45, 7) is 2.97. The first kappa shape index (κ1) is 15.2. The largest absolute Gasteiger partial charge is 0.469 e. The smallest absolute Gasteiger partial charge is 0.305 e. The van der Waals surface area contributed by atoms with Crippen LogP contribution >= 0.6 is 15.9 Å². The number of nitrogens with one attached hydrogen (secondary N) is 1. The lowest BCUT2D eigenvalue weighted by atomic mass is 10.0. The lowest BCUT2D eigenvalue weighted by Crippen LogP contribution is -2.22. The molecular weight excluding hydrogens is 294 g/mol. The molecule has 1 aromatic rings. The van der Waals surface area contributed by atoms with E-state index in [0.717, 1.165) is 23.9 Å². The van der Waals surface area contributed by atoms with E-state index in [9.17, 15) is 4.79 Å². The number of esters is 1. The van der Waals surface area contributed by atoms with E-state index in [1.807, 2.05) is 12.1 Å². The van der Waals surface area contributed by atoms with Gasteiger partial charge in [0.2, 0.25) is 0 Å². The van der Waals surface area contributed by atoms with Crippen molar-refractivity contribution >= 4 is 21.9 Å². The fraction of sp³-hybridized carbons (Fsp3) is 0.500. The average Bonchev–Trinajstić information content (AvgIpc) is 2.38. The van der Waals surface area contributed by atoms with Crippen LogP contribution in [0.15, 0.2) is 28.7 Å². The summed E-state index contributed by atoms with van der Waals surface area (Å²) in [5.74, 6) is -0.146. The van der Waals surface area contributed by atoms with E-state index < -0.39 is 0 Å². The molecule has 0 heterocycles. The van der Waals surface area contributed by atoms with Crippen LogP contribution in [0.2, 0.25) is 0 Å². The highest BCUT2D eigenvalue weighted by atomic mass is 79.9. The molecule has 0 saturated carbocycles. The topological polar surface area (TPSA) is 38.3 Å². The Balaban J connectivity index is 2.40. The van der Waals surface area contributed by atoms with E-state index >= 15 is 0 Å². The minimum absolute atomic E-state index is 0.146. The molecular formula is C14H20BrNO2. The molecule has 0 spiro atoms. The maximum atomic E-state index is 11.0. The molecule has 0 amide bonds. The zero-order valence-corrected chi connectivity index (χ0v) is 12.5. The number of carbonyl (C=O) groups is 1. The van der Waals surface area contributed by atoms with Crippen LogP contribution in [0.4, 0.5) is 0 Å². The molecule has 0 aromatic heterocycles. The normalized spacial score (nSPS) is 12.2. The van der Waals surface area contributed by atoms with Gasteiger partial charge < -0.3 is 10.1 Å². The van der Waals surface area contributed by atoms with Crippen LogP contribution in [0.5, 0.6) is 0 Å². The second-order valence-electron chi connectivity index (χ2n) is 4.15. The second kappa shape index (κ2) is 8.27. The van der Waals surface area contributed by atoms with Crippen molar-refractivity contribution in [3.8, 4) is 0 Å². The van der Waals surface area contributed by atoms with Gasteiger partial charge in [0, 0.05) is 16.9 Å². The van der Waals surface area contributed by atoms with E-state index in [4.69, 9.17) is 0 Å². The number of methoxy groups -OCH3 is 1. The van der Waals surface area contributed by atoms with Crippen LogP contribution in [0.3, 0.4) is 0 Å². The third kappa shape index (κ3) is 5.19. The molecule has 0 fully saturated rings. The lowest BCUT2D eigenvalue weighted by molar-refractivity contribution is -0.140. The molecule has 0 aliphatic rings. The van der Waals surface area contributed by atoms with Crippen molar-refractivity contribution < 1.29 is 9.53 Å². The third-order valence-electron chi connectivity index (χ3n) is 2.84. The zero-order chi connectivity index (χ0) is 13.4. The summed E-state index contributed by atoms with van der Waals surface area (Å²) in [6, 6.07) is 8.64. The fourth-order valence-electron chi connectivity index (χ4n) is 1.83. The van der Waals surface area contributed by atoms with Crippen molar-refractivity contribution in [2.24, 2.45) is 0 Å². The predicted octanol–water partition coefficient (Wildman–Crippen LogP) is 3.44. The summed E-state index contributed by atoms with van der Waals surface area (Å²) < 4.78 is 5.70. The summed E-state index contributed by atoms with van der Waals surface area (Å²) in [6.07, 6.45) is 2.30. The van der Waals surface area contributed by atoms with Gasteiger partial charge in [0.1, 0.15) is 0 Å². The first-order valence-corrected chi connectivity index (χ1v) is 7.02. The standard InChI is InChI=1S/C14H20BrNO2/c1-3-13(11-6-4-7-12(15)10-11)16-9-5-8-14(17)18-2/h4,6-7,10,13,16H,3,5,8-9H2,1-2H3.